The Bertz CT molecular complexity index is 372. The van der Waals surface area contributed by atoms with Crippen LogP contribution in [0.3, 0.4) is 0 Å². The molecule has 182 valence electrons. The molecule has 7 heteroatoms. The summed E-state index contributed by atoms with van der Waals surface area (Å²) >= 11 is 0. The minimum atomic E-state index is 0. The van der Waals surface area contributed by atoms with Gasteiger partial charge in [-0.05, 0) is 38.5 Å². The van der Waals surface area contributed by atoms with Crippen LogP contribution in [-0.2, 0) is 14.4 Å². The number of amides is 3. The van der Waals surface area contributed by atoms with Crippen molar-refractivity contribution in [3.8, 4) is 0 Å². The van der Waals surface area contributed by atoms with E-state index in [-0.39, 0.29) is 27.6 Å². The van der Waals surface area contributed by atoms with Crippen molar-refractivity contribution in [1.82, 2.24) is 16.0 Å². The fourth-order valence-electron chi connectivity index (χ4n) is 3.77. The zero-order chi connectivity index (χ0) is 21.7. The van der Waals surface area contributed by atoms with E-state index >= 15 is 0 Å². The molecule has 3 saturated heterocycles. The Morgan fingerprint density at radius 2 is 0.581 bits per heavy atom. The third-order valence-electron chi connectivity index (χ3n) is 5.71. The molecule has 6 nitrogen and oxygen atoms in total. The maximum atomic E-state index is 10.9. The maximum absolute atomic E-state index is 10.9. The summed E-state index contributed by atoms with van der Waals surface area (Å²) in [5, 5.41) is 8.66. The average molecular weight is 458 g/mol. The summed E-state index contributed by atoms with van der Waals surface area (Å²) in [6.45, 7) is 2.66. The first kappa shape index (κ1) is 29.8. The molecule has 0 aromatic heterocycles. The zero-order valence-electron chi connectivity index (χ0n) is 19.8. The van der Waals surface area contributed by atoms with Crippen molar-refractivity contribution in [3.63, 3.8) is 0 Å². The summed E-state index contributed by atoms with van der Waals surface area (Å²) in [6.07, 6.45) is 20.3. The molecule has 3 amide bonds. The molecule has 31 heavy (non-hydrogen) atoms. The number of nitrogens with one attached hydrogen (secondary N) is 3. The first-order valence-electron chi connectivity index (χ1n) is 12.5. The van der Waals surface area contributed by atoms with Gasteiger partial charge in [-0.3, -0.25) is 14.4 Å². The second-order valence-electron chi connectivity index (χ2n) is 8.60. The van der Waals surface area contributed by atoms with E-state index in [1.165, 1.54) is 57.8 Å². The summed E-state index contributed by atoms with van der Waals surface area (Å²) in [5.74, 6) is 0.714. The Kier molecular flexibility index (Phi) is 21.2. The first-order valence-corrected chi connectivity index (χ1v) is 12.5. The van der Waals surface area contributed by atoms with E-state index in [2.05, 4.69) is 16.0 Å². The molecule has 3 rings (SSSR count). The van der Waals surface area contributed by atoms with Crippen molar-refractivity contribution >= 4 is 27.6 Å². The summed E-state index contributed by atoms with van der Waals surface area (Å²) in [7, 11) is 0. The van der Waals surface area contributed by atoms with Crippen LogP contribution in [0.1, 0.15) is 116 Å². The second-order valence-corrected chi connectivity index (χ2v) is 8.60. The molecule has 0 saturated carbocycles. The molecule has 0 spiro atoms. The number of carbonyl (C=O) groups excluding carboxylic acids is 3. The molecule has 1 unspecified atom stereocenters. The van der Waals surface area contributed by atoms with Gasteiger partial charge >= 0.3 is 0 Å². The second kappa shape index (κ2) is 22.0. The zero-order valence-corrected chi connectivity index (χ0v) is 21.2. The predicted octanol–water partition coefficient (Wildman–Crippen LogP) is 4.43. The van der Waals surface area contributed by atoms with Gasteiger partial charge < -0.3 is 16.0 Å². The topological polar surface area (TPSA) is 87.3 Å². The van der Waals surface area contributed by atoms with Crippen LogP contribution >= 0.6 is 9.90 Å². The Hall–Kier alpha value is -1.16. The lowest BCUT2D eigenvalue weighted by Crippen LogP contribution is -2.23. The van der Waals surface area contributed by atoms with E-state index in [4.69, 9.17) is 0 Å². The number of hydrogen-bond acceptors (Lipinski definition) is 3. The van der Waals surface area contributed by atoms with Crippen LogP contribution < -0.4 is 16.0 Å². The normalized spacial score (nSPS) is 21.5. The lowest BCUT2D eigenvalue weighted by atomic mass is 10.1. The number of rotatable bonds is 0. The van der Waals surface area contributed by atoms with Gasteiger partial charge in [-0.15, -0.1) is 0 Å². The lowest BCUT2D eigenvalue weighted by molar-refractivity contribution is -0.121. The van der Waals surface area contributed by atoms with Crippen LogP contribution in [0.25, 0.3) is 0 Å². The molecule has 0 bridgehead atoms. The minimum absolute atomic E-state index is 0. The van der Waals surface area contributed by atoms with E-state index in [1.807, 2.05) is 0 Å². The van der Waals surface area contributed by atoms with Crippen molar-refractivity contribution in [1.29, 1.82) is 0 Å². The molecule has 0 radical (unpaired) electrons. The monoisotopic (exact) mass is 457 g/mol. The molecule has 3 fully saturated rings. The van der Waals surface area contributed by atoms with E-state index in [0.29, 0.717) is 0 Å². The Morgan fingerprint density at radius 1 is 0.355 bits per heavy atom. The Morgan fingerprint density at radius 3 is 0.871 bits per heavy atom. The van der Waals surface area contributed by atoms with Gasteiger partial charge in [0.25, 0.3) is 0 Å². The van der Waals surface area contributed by atoms with Crippen LogP contribution in [0.2, 0.25) is 0 Å². The van der Waals surface area contributed by atoms with E-state index in [0.717, 1.165) is 77.4 Å². The van der Waals surface area contributed by atoms with Crippen LogP contribution in [0.5, 0.6) is 0 Å². The van der Waals surface area contributed by atoms with Gasteiger partial charge in [0.15, 0.2) is 0 Å². The van der Waals surface area contributed by atoms with Crippen molar-refractivity contribution in [2.45, 2.75) is 116 Å². The standard InChI is InChI=1S/3C8H15NO.H3P/c3*10-8-6-4-2-1-3-5-7-9-8;/h3*1-7H2,(H,9,10);1H3. The third kappa shape index (κ3) is 20.5. The van der Waals surface area contributed by atoms with Gasteiger partial charge in [0.1, 0.15) is 0 Å². The fraction of sp³-hybridized carbons (Fsp3) is 0.875. The van der Waals surface area contributed by atoms with Crippen molar-refractivity contribution in [2.75, 3.05) is 19.6 Å². The van der Waals surface area contributed by atoms with Gasteiger partial charge in [0.2, 0.25) is 17.7 Å². The minimum Gasteiger partial charge on any atom is -0.356 e. The SMILES string of the molecule is O=C1CCCCCCCN1.O=C1CCCCCCCN1.O=C1CCCCCCCN1.P. The van der Waals surface area contributed by atoms with Crippen LogP contribution in [0, 0.1) is 0 Å². The molecule has 1 atom stereocenters. The molecule has 0 aromatic carbocycles. The Balaban J connectivity index is 0.000000429. The van der Waals surface area contributed by atoms with Crippen LogP contribution in [0.4, 0.5) is 0 Å². The quantitative estimate of drug-likeness (QED) is 0.470. The van der Waals surface area contributed by atoms with Crippen LogP contribution in [0.15, 0.2) is 0 Å². The van der Waals surface area contributed by atoms with Gasteiger partial charge in [0, 0.05) is 38.9 Å². The summed E-state index contributed by atoms with van der Waals surface area (Å²) in [6, 6.07) is 0. The molecule has 3 N–H and O–H groups in total. The van der Waals surface area contributed by atoms with Crippen molar-refractivity contribution < 1.29 is 14.4 Å². The summed E-state index contributed by atoms with van der Waals surface area (Å²) < 4.78 is 0. The maximum Gasteiger partial charge on any atom is 0.219 e. The lowest BCUT2D eigenvalue weighted by Gasteiger charge is -1.99. The summed E-state index contributed by atoms with van der Waals surface area (Å²) in [4.78, 5) is 32.6. The summed E-state index contributed by atoms with van der Waals surface area (Å²) in [5.41, 5.74) is 0. The largest absolute Gasteiger partial charge is 0.356 e. The highest BCUT2D eigenvalue weighted by atomic mass is 31.0. The fourth-order valence-corrected chi connectivity index (χ4v) is 3.77. The van der Waals surface area contributed by atoms with Gasteiger partial charge in [-0.2, -0.15) is 9.90 Å². The third-order valence-corrected chi connectivity index (χ3v) is 5.71. The predicted molar refractivity (Wildman–Crippen MR) is 133 cm³/mol. The number of hydrogen-bond donors (Lipinski definition) is 3. The van der Waals surface area contributed by atoms with E-state index < -0.39 is 0 Å². The van der Waals surface area contributed by atoms with Gasteiger partial charge in [-0.25, -0.2) is 0 Å². The first-order chi connectivity index (χ1) is 14.7. The molecule has 3 aliphatic rings. The van der Waals surface area contributed by atoms with Gasteiger partial charge in [-0.1, -0.05) is 57.8 Å². The van der Waals surface area contributed by atoms with Crippen LogP contribution in [-0.4, -0.2) is 37.4 Å². The van der Waals surface area contributed by atoms with Gasteiger partial charge in [0.05, 0.1) is 0 Å². The molecular formula is C24H48N3O3P. The van der Waals surface area contributed by atoms with E-state index in [1.54, 1.807) is 0 Å². The highest BCUT2D eigenvalue weighted by molar-refractivity contribution is 6.92. The highest BCUT2D eigenvalue weighted by Crippen LogP contribution is 2.08. The average Bonchev–Trinajstić information content (AvgIpc) is 3.00. The molecule has 3 heterocycles. The van der Waals surface area contributed by atoms with Crippen molar-refractivity contribution in [3.05, 3.63) is 0 Å². The number of carbonyl (C=O) groups is 3. The smallest absolute Gasteiger partial charge is 0.219 e. The van der Waals surface area contributed by atoms with E-state index in [9.17, 15) is 14.4 Å². The molecule has 0 aromatic rings. The molecular weight excluding hydrogens is 409 g/mol. The molecule has 3 aliphatic heterocycles. The highest BCUT2D eigenvalue weighted by Gasteiger charge is 2.04. The molecule has 0 aliphatic carbocycles. The Labute approximate surface area is 193 Å². The van der Waals surface area contributed by atoms with Crippen molar-refractivity contribution in [2.24, 2.45) is 0 Å².